The highest BCUT2D eigenvalue weighted by Gasteiger charge is 2.33. The maximum atomic E-state index is 13.5. The molecule has 0 spiro atoms. The van der Waals surface area contributed by atoms with Gasteiger partial charge in [0.25, 0.3) is 0 Å². The molecule has 12 nitrogen and oxygen atoms in total. The van der Waals surface area contributed by atoms with Gasteiger partial charge in [0, 0.05) is 66.7 Å². The molecule has 15 heteroatoms. The molecule has 0 aliphatic rings. The summed E-state index contributed by atoms with van der Waals surface area (Å²) < 4.78 is 0. The van der Waals surface area contributed by atoms with Crippen molar-refractivity contribution in [3.05, 3.63) is 464 Å². The van der Waals surface area contributed by atoms with E-state index in [4.69, 9.17) is 30.0 Å². The molecule has 3 heterocycles. The summed E-state index contributed by atoms with van der Waals surface area (Å²) >= 11 is 4.77. The molecule has 0 saturated carbocycles. The molecule has 16 aromatic rings. The van der Waals surface area contributed by atoms with E-state index in [2.05, 4.69) is 0 Å². The maximum absolute atomic E-state index is 13.5. The summed E-state index contributed by atoms with van der Waals surface area (Å²) in [6.07, 6.45) is 4.26. The molecule has 0 saturated heterocycles. The predicted molar refractivity (Wildman–Crippen MR) is 480 cm³/mol. The molecular formula is C102H78N6O6S3. The molecule has 3 aromatic heterocycles. The first-order chi connectivity index (χ1) is 57.6. The van der Waals surface area contributed by atoms with E-state index in [0.29, 0.717) is 33.8 Å². The van der Waals surface area contributed by atoms with Crippen LogP contribution in [0.5, 0.6) is 34.5 Å². The van der Waals surface area contributed by atoms with Crippen LogP contribution in [0.25, 0.3) is 31.3 Å². The molecule has 0 radical (unpaired) electrons. The quantitative estimate of drug-likeness (QED) is 0.0277. The van der Waals surface area contributed by atoms with E-state index in [0.717, 1.165) is 81.4 Å². The SMILES string of the molecule is Oc1ccc(-c2cccs2)cc1C(=N[C@@H](c1ccccc1)[C@@H](N=Cc1c(O)c(C=N[C@@H](c2ccccc2)[C@@H](N=C(c2ccccc2)c2cc(-c3cccs3)ccc2O)c2ccccc2)c(O)c(C=N[C@@H](c2ccccc2)[C@@H](N=C(c2ccccc2)c2cc(-c3cccs3)ccc2O)c2ccccc2)c1O)c1ccccc1)c1ccccc1. The minimum atomic E-state index is -0.927. The Bertz CT molecular complexity index is 5580. The molecule has 570 valence electrons. The fourth-order valence-corrected chi connectivity index (χ4v) is 16.8. The zero-order valence-corrected chi connectivity index (χ0v) is 65.6. The Morgan fingerprint density at radius 3 is 0.658 bits per heavy atom. The number of hydrogen-bond donors (Lipinski definition) is 6. The number of rotatable bonds is 27. The summed E-state index contributed by atoms with van der Waals surface area (Å²) in [5, 5.41) is 82.9. The lowest BCUT2D eigenvalue weighted by Crippen LogP contribution is -2.14. The van der Waals surface area contributed by atoms with Crippen LogP contribution in [0.3, 0.4) is 0 Å². The van der Waals surface area contributed by atoms with Crippen molar-refractivity contribution in [2.45, 2.75) is 36.3 Å². The number of aliphatic imine (C=N–C) groups is 6. The van der Waals surface area contributed by atoms with Crippen LogP contribution in [-0.2, 0) is 0 Å². The van der Waals surface area contributed by atoms with Gasteiger partial charge < -0.3 is 30.6 Å². The summed E-state index contributed by atoms with van der Waals surface area (Å²) in [5.74, 6) is -1.66. The molecule has 6 N–H and O–H groups in total. The number of phenolic OH excluding ortho intramolecular Hbond substituents is 6. The Morgan fingerprint density at radius 1 is 0.231 bits per heavy atom. The average Bonchev–Trinajstić information content (AvgIpc) is 1.48. The fourth-order valence-electron chi connectivity index (χ4n) is 14.6. The van der Waals surface area contributed by atoms with E-state index >= 15 is 0 Å². The lowest BCUT2D eigenvalue weighted by molar-refractivity contribution is 0.424. The summed E-state index contributed by atoms with van der Waals surface area (Å²) in [7, 11) is 0. The lowest BCUT2D eigenvalue weighted by atomic mass is 9.92. The molecule has 0 amide bonds. The van der Waals surface area contributed by atoms with E-state index < -0.39 is 53.5 Å². The zero-order chi connectivity index (χ0) is 79.8. The van der Waals surface area contributed by atoms with Gasteiger partial charge in [0.1, 0.15) is 70.7 Å². The normalized spacial score (nSPS) is 13.7. The fraction of sp³-hybridized carbons (Fsp3) is 0.0588. The van der Waals surface area contributed by atoms with Crippen molar-refractivity contribution in [2.75, 3.05) is 0 Å². The topological polar surface area (TPSA) is 196 Å². The van der Waals surface area contributed by atoms with Crippen LogP contribution in [-0.4, -0.2) is 66.4 Å². The van der Waals surface area contributed by atoms with Gasteiger partial charge in [-0.1, -0.05) is 291 Å². The van der Waals surface area contributed by atoms with Gasteiger partial charge in [-0.25, -0.2) is 0 Å². The first-order valence-electron chi connectivity index (χ1n) is 38.3. The van der Waals surface area contributed by atoms with Gasteiger partial charge in [-0.3, -0.25) is 30.0 Å². The van der Waals surface area contributed by atoms with E-state index in [-0.39, 0.29) is 33.9 Å². The number of hydrogen-bond acceptors (Lipinski definition) is 15. The molecule has 0 aliphatic heterocycles. The molecular weight excluding hydrogens is 1500 g/mol. The summed E-state index contributed by atoms with van der Waals surface area (Å²) in [6, 6.07) is 111. The van der Waals surface area contributed by atoms with E-state index in [9.17, 15) is 30.6 Å². The molecule has 0 bridgehead atoms. The third kappa shape index (κ3) is 17.5. The van der Waals surface area contributed by atoms with Crippen molar-refractivity contribution in [3.8, 4) is 65.8 Å². The predicted octanol–water partition coefficient (Wildman–Crippen LogP) is 24.4. The van der Waals surface area contributed by atoms with Crippen LogP contribution in [0.2, 0.25) is 0 Å². The second-order valence-corrected chi connectivity index (χ2v) is 30.8. The van der Waals surface area contributed by atoms with Gasteiger partial charge in [-0.2, -0.15) is 0 Å². The van der Waals surface area contributed by atoms with Crippen LogP contribution in [0.15, 0.2) is 410 Å². The summed E-state index contributed by atoms with van der Waals surface area (Å²) in [6.45, 7) is 0. The van der Waals surface area contributed by atoms with E-state index in [1.165, 1.54) is 18.6 Å². The Labute approximate surface area is 691 Å². The molecule has 0 unspecified atom stereocenters. The van der Waals surface area contributed by atoms with Gasteiger partial charge in [0.05, 0.1) is 33.8 Å². The largest absolute Gasteiger partial charge is 0.507 e. The first kappa shape index (κ1) is 76.8. The van der Waals surface area contributed by atoms with Gasteiger partial charge in [0.15, 0.2) is 0 Å². The smallest absolute Gasteiger partial charge is 0.140 e. The van der Waals surface area contributed by atoms with Gasteiger partial charge in [0.2, 0.25) is 0 Å². The highest BCUT2D eigenvalue weighted by Crippen LogP contribution is 2.47. The number of phenols is 6. The summed E-state index contributed by atoms with van der Waals surface area (Å²) in [4.78, 5) is 36.7. The van der Waals surface area contributed by atoms with Crippen molar-refractivity contribution >= 4 is 69.8 Å². The van der Waals surface area contributed by atoms with Crippen LogP contribution in [0.1, 0.15) is 120 Å². The van der Waals surface area contributed by atoms with Crippen molar-refractivity contribution in [2.24, 2.45) is 30.0 Å². The van der Waals surface area contributed by atoms with Crippen molar-refractivity contribution in [1.29, 1.82) is 0 Å². The van der Waals surface area contributed by atoms with Gasteiger partial charge in [-0.15, -0.1) is 34.0 Å². The van der Waals surface area contributed by atoms with Crippen molar-refractivity contribution in [3.63, 3.8) is 0 Å². The summed E-state index contributed by atoms with van der Waals surface area (Å²) in [5.41, 5.74) is 11.7. The third-order valence-corrected chi connectivity index (χ3v) is 23.2. The number of nitrogens with zero attached hydrogens (tertiary/aromatic N) is 6. The minimum absolute atomic E-state index is 0.0192. The maximum Gasteiger partial charge on any atom is 0.140 e. The minimum Gasteiger partial charge on any atom is -0.507 e. The molecule has 0 fully saturated rings. The average molecular weight is 1580 g/mol. The van der Waals surface area contributed by atoms with Crippen molar-refractivity contribution < 1.29 is 30.6 Å². The number of thiophene rings is 3. The van der Waals surface area contributed by atoms with E-state index in [1.54, 1.807) is 52.2 Å². The van der Waals surface area contributed by atoms with Crippen LogP contribution in [0, 0.1) is 0 Å². The standard InChI is InChI=1S/C102H78N6O6S3/c109-85-55-52-76(88-49-28-58-115-88)61-79(85)91(67-31-10-1-11-32-67)106-97(73-43-22-7-23-44-73)94(70-37-16-4-17-38-70)103-64-82-100(112)83(65-104-95(71-39-18-5-19-40-71)98(74-45-24-8-25-46-74)107-92(68-33-12-2-13-34-68)80-62-77(53-56-86(80)110)89-50-29-59-116-89)102(114)84(101(82)113)66-105-96(72-41-20-6-21-42-72)99(75-47-26-9-27-48-75)108-93(69-35-14-3-15-36-69)81-63-78(54-57-87(81)111)90-51-30-60-117-90/h1-66,94-99,109-114H/t94-,95-,96-,97-,98-,99-/m0/s1. The van der Waals surface area contributed by atoms with Crippen LogP contribution < -0.4 is 0 Å². The molecule has 13 aromatic carbocycles. The molecule has 0 aliphatic carbocycles. The molecule has 16 rings (SSSR count). The number of aromatic hydroxyl groups is 6. The lowest BCUT2D eigenvalue weighted by Gasteiger charge is -2.25. The number of benzene rings is 13. The van der Waals surface area contributed by atoms with E-state index in [1.807, 2.05) is 362 Å². The third-order valence-electron chi connectivity index (χ3n) is 20.5. The molecule has 6 atom stereocenters. The Hall–Kier alpha value is -14.2. The second kappa shape index (κ2) is 36.3. The Balaban J connectivity index is 0.927. The van der Waals surface area contributed by atoms with Crippen molar-refractivity contribution in [1.82, 2.24) is 0 Å². The Kier molecular flexibility index (Phi) is 23.8. The monoisotopic (exact) mass is 1580 g/mol. The first-order valence-corrected chi connectivity index (χ1v) is 40.9. The van der Waals surface area contributed by atoms with Gasteiger partial charge >= 0.3 is 0 Å². The van der Waals surface area contributed by atoms with Gasteiger partial charge in [-0.05, 0) is 139 Å². The second-order valence-electron chi connectivity index (χ2n) is 27.9. The Morgan fingerprint density at radius 2 is 0.444 bits per heavy atom. The zero-order valence-electron chi connectivity index (χ0n) is 63.2. The van der Waals surface area contributed by atoms with Crippen LogP contribution in [0.4, 0.5) is 0 Å². The highest BCUT2D eigenvalue weighted by atomic mass is 32.1. The molecule has 117 heavy (non-hydrogen) atoms. The van der Waals surface area contributed by atoms with Crippen LogP contribution >= 0.6 is 34.0 Å². The highest BCUT2D eigenvalue weighted by molar-refractivity contribution is 7.14.